The first-order valence-electron chi connectivity index (χ1n) is 8.50. The van der Waals surface area contributed by atoms with Gasteiger partial charge in [0.1, 0.15) is 23.7 Å². The van der Waals surface area contributed by atoms with E-state index < -0.39 is 11.9 Å². The minimum Gasteiger partial charge on any atom is -0.488 e. The number of rotatable bonds is 6. The van der Waals surface area contributed by atoms with Gasteiger partial charge < -0.3 is 9.30 Å². The zero-order valence-electron chi connectivity index (χ0n) is 15.7. The predicted octanol–water partition coefficient (Wildman–Crippen LogP) is 5.12. The summed E-state index contributed by atoms with van der Waals surface area (Å²) in [6.45, 7) is 8.06. The summed E-state index contributed by atoms with van der Waals surface area (Å²) in [5.74, 6) is 1.86. The maximum absolute atomic E-state index is 13.0. The van der Waals surface area contributed by atoms with Crippen molar-refractivity contribution in [2.75, 3.05) is 12.4 Å². The van der Waals surface area contributed by atoms with E-state index in [2.05, 4.69) is 21.5 Å². The van der Waals surface area contributed by atoms with Gasteiger partial charge in [-0.15, -0.1) is 11.8 Å². The van der Waals surface area contributed by atoms with Crippen molar-refractivity contribution in [3.05, 3.63) is 42.4 Å². The molecular weight excluding hydrogens is 389 g/mol. The summed E-state index contributed by atoms with van der Waals surface area (Å²) in [5, 5.41) is 0. The predicted molar refractivity (Wildman–Crippen MR) is 103 cm³/mol. The van der Waals surface area contributed by atoms with Crippen molar-refractivity contribution >= 4 is 22.8 Å². The summed E-state index contributed by atoms with van der Waals surface area (Å²) in [6.07, 6.45) is -1.75. The number of aryl methyl sites for hydroxylation is 1. The molecule has 0 aliphatic heterocycles. The van der Waals surface area contributed by atoms with E-state index >= 15 is 0 Å². The summed E-state index contributed by atoms with van der Waals surface area (Å²) in [7, 11) is 1.73. The largest absolute Gasteiger partial charge is 0.488 e. The third-order valence-corrected chi connectivity index (χ3v) is 4.79. The Labute approximate surface area is 164 Å². The van der Waals surface area contributed by atoms with Crippen molar-refractivity contribution in [3.63, 3.8) is 0 Å². The Bertz CT molecular complexity index is 1030. The van der Waals surface area contributed by atoms with Crippen molar-refractivity contribution in [1.82, 2.24) is 19.5 Å². The maximum atomic E-state index is 13.0. The molecule has 0 aliphatic rings. The molecule has 5 nitrogen and oxygen atoms in total. The van der Waals surface area contributed by atoms with E-state index in [0.717, 1.165) is 22.3 Å². The van der Waals surface area contributed by atoms with Crippen molar-refractivity contribution in [2.45, 2.75) is 24.9 Å². The SMILES string of the molecule is C=C(C)COc1cnc(-c2nc3cc(C(F)(F)F)ncc3n2C)c(SCC)c1. The average molecular weight is 408 g/mol. The van der Waals surface area contributed by atoms with E-state index in [1.165, 1.54) is 6.20 Å². The van der Waals surface area contributed by atoms with Crippen LogP contribution in [-0.4, -0.2) is 31.9 Å². The Morgan fingerprint density at radius 3 is 2.64 bits per heavy atom. The van der Waals surface area contributed by atoms with Gasteiger partial charge in [-0.05, 0) is 30.4 Å². The number of nitrogens with zero attached hydrogens (tertiary/aromatic N) is 4. The molecular formula is C19H19F3N4OS. The van der Waals surface area contributed by atoms with E-state index in [4.69, 9.17) is 4.74 Å². The lowest BCUT2D eigenvalue weighted by atomic mass is 10.3. The van der Waals surface area contributed by atoms with Gasteiger partial charge in [0.25, 0.3) is 0 Å². The lowest BCUT2D eigenvalue weighted by molar-refractivity contribution is -0.141. The summed E-state index contributed by atoms with van der Waals surface area (Å²) in [6, 6.07) is 2.81. The quantitative estimate of drug-likeness (QED) is 0.419. The van der Waals surface area contributed by atoms with Crippen LogP contribution in [0.4, 0.5) is 13.2 Å². The van der Waals surface area contributed by atoms with Crippen LogP contribution in [0.5, 0.6) is 5.75 Å². The third-order valence-electron chi connectivity index (χ3n) is 3.88. The first kappa shape index (κ1) is 20.2. The second-order valence-corrected chi connectivity index (χ2v) is 7.55. The van der Waals surface area contributed by atoms with Crippen molar-refractivity contribution in [2.24, 2.45) is 7.05 Å². The number of thioether (sulfide) groups is 1. The molecule has 0 aliphatic carbocycles. The molecule has 3 aromatic rings. The van der Waals surface area contributed by atoms with Crippen molar-refractivity contribution in [1.29, 1.82) is 0 Å². The Kier molecular flexibility index (Phi) is 5.64. The molecule has 0 saturated heterocycles. The minimum absolute atomic E-state index is 0.219. The van der Waals surface area contributed by atoms with Gasteiger partial charge in [-0.3, -0.25) is 0 Å². The molecule has 3 rings (SSSR count). The van der Waals surface area contributed by atoms with Crippen LogP contribution in [0.15, 0.2) is 41.6 Å². The molecule has 28 heavy (non-hydrogen) atoms. The highest BCUT2D eigenvalue weighted by Crippen LogP contribution is 2.34. The van der Waals surface area contributed by atoms with Crippen molar-refractivity contribution in [3.8, 4) is 17.3 Å². The molecule has 0 fully saturated rings. The highest BCUT2D eigenvalue weighted by molar-refractivity contribution is 7.99. The number of fused-ring (bicyclic) bond motifs is 1. The van der Waals surface area contributed by atoms with E-state index in [1.807, 2.05) is 19.9 Å². The Morgan fingerprint density at radius 2 is 2.00 bits per heavy atom. The van der Waals surface area contributed by atoms with E-state index in [1.54, 1.807) is 29.6 Å². The summed E-state index contributed by atoms with van der Waals surface area (Å²) < 4.78 is 46.2. The standard InChI is InChI=1S/C19H19F3N4OS/c1-5-28-15-6-12(27-10-11(2)3)8-24-17(15)18-25-13-7-16(19(20,21)22)23-9-14(13)26(18)4/h6-9H,2,5,10H2,1,3-4H3. The van der Waals surface area contributed by atoms with Gasteiger partial charge in [0, 0.05) is 11.9 Å². The maximum Gasteiger partial charge on any atom is 0.433 e. The van der Waals surface area contributed by atoms with Gasteiger partial charge in [0.05, 0.1) is 23.4 Å². The molecule has 0 aromatic carbocycles. The average Bonchev–Trinajstić information content (AvgIpc) is 2.96. The van der Waals surface area contributed by atoms with Gasteiger partial charge in [-0.2, -0.15) is 13.2 Å². The lowest BCUT2D eigenvalue weighted by Gasteiger charge is -2.11. The fourth-order valence-electron chi connectivity index (χ4n) is 2.60. The zero-order valence-corrected chi connectivity index (χ0v) is 16.5. The molecule has 3 aromatic heterocycles. The van der Waals surface area contributed by atoms with Crippen LogP contribution < -0.4 is 4.74 Å². The van der Waals surface area contributed by atoms with Gasteiger partial charge in [0.2, 0.25) is 0 Å². The monoisotopic (exact) mass is 408 g/mol. The molecule has 0 saturated carbocycles. The van der Waals surface area contributed by atoms with Gasteiger partial charge in [0.15, 0.2) is 5.82 Å². The number of imidazole rings is 1. The topological polar surface area (TPSA) is 52.8 Å². The van der Waals surface area contributed by atoms with Crippen LogP contribution in [0.25, 0.3) is 22.6 Å². The summed E-state index contributed by atoms with van der Waals surface area (Å²) >= 11 is 1.56. The molecule has 0 atom stereocenters. The number of ether oxygens (including phenoxy) is 1. The number of hydrogen-bond donors (Lipinski definition) is 0. The van der Waals surface area contributed by atoms with Crippen LogP contribution in [0.2, 0.25) is 0 Å². The summed E-state index contributed by atoms with van der Waals surface area (Å²) in [5.41, 5.74) is 1.22. The highest BCUT2D eigenvalue weighted by atomic mass is 32.2. The second kappa shape index (κ2) is 7.83. The smallest absolute Gasteiger partial charge is 0.433 e. The molecule has 0 spiro atoms. The normalized spacial score (nSPS) is 11.8. The van der Waals surface area contributed by atoms with E-state index in [9.17, 15) is 13.2 Å². The molecule has 0 radical (unpaired) electrons. The molecule has 0 bridgehead atoms. The van der Waals surface area contributed by atoms with Crippen LogP contribution in [-0.2, 0) is 13.2 Å². The van der Waals surface area contributed by atoms with Gasteiger partial charge >= 0.3 is 6.18 Å². The molecule has 0 unspecified atom stereocenters. The van der Waals surface area contributed by atoms with Crippen LogP contribution >= 0.6 is 11.8 Å². The van der Waals surface area contributed by atoms with Gasteiger partial charge in [-0.25, -0.2) is 15.0 Å². The number of alkyl halides is 3. The molecule has 0 N–H and O–H groups in total. The van der Waals surface area contributed by atoms with E-state index in [0.29, 0.717) is 29.4 Å². The number of hydrogen-bond acceptors (Lipinski definition) is 5. The second-order valence-electron chi connectivity index (χ2n) is 6.25. The minimum atomic E-state index is -4.52. The fourth-order valence-corrected chi connectivity index (χ4v) is 3.39. The number of aromatic nitrogens is 4. The molecule has 3 heterocycles. The zero-order chi connectivity index (χ0) is 20.5. The third kappa shape index (κ3) is 4.14. The van der Waals surface area contributed by atoms with Crippen LogP contribution in [0, 0.1) is 0 Å². The Hall–Kier alpha value is -2.55. The van der Waals surface area contributed by atoms with Gasteiger partial charge in [-0.1, -0.05) is 13.5 Å². The molecule has 0 amide bonds. The Balaban J connectivity index is 2.07. The number of pyridine rings is 2. The fraction of sp³-hybridized carbons (Fsp3) is 0.316. The lowest BCUT2D eigenvalue weighted by Crippen LogP contribution is -2.07. The first-order valence-corrected chi connectivity index (χ1v) is 9.49. The molecule has 9 heteroatoms. The van der Waals surface area contributed by atoms with Crippen molar-refractivity contribution < 1.29 is 17.9 Å². The van der Waals surface area contributed by atoms with Crippen LogP contribution in [0.3, 0.4) is 0 Å². The Morgan fingerprint density at radius 1 is 1.25 bits per heavy atom. The van der Waals surface area contributed by atoms with Crippen LogP contribution in [0.1, 0.15) is 19.5 Å². The highest BCUT2D eigenvalue weighted by Gasteiger charge is 2.33. The first-order chi connectivity index (χ1) is 13.2. The van der Waals surface area contributed by atoms with E-state index in [-0.39, 0.29) is 5.52 Å². The number of halogens is 3. The summed E-state index contributed by atoms with van der Waals surface area (Å²) in [4.78, 5) is 13.2. The molecule has 148 valence electrons.